The molecule has 0 saturated heterocycles. The molecule has 0 unspecified atom stereocenters. The molecule has 2 N–H and O–H groups in total. The third kappa shape index (κ3) is 3.62. The van der Waals surface area contributed by atoms with Gasteiger partial charge in [-0.05, 0) is 42.5 Å². The predicted molar refractivity (Wildman–Crippen MR) is 107 cm³/mol. The molecule has 33 heavy (non-hydrogen) atoms. The Bertz CT molecular complexity index is 1540. The SMILES string of the molecule is O=c1[nH]c2ncc(-c3cc(C(F)(F)F)cc(C(F)(F)F)c3)nc2n1-c1ccc2[nH]ccc2c1. The topological polar surface area (TPSA) is 79.4 Å². The molecule has 3 heterocycles. The second-order valence-corrected chi connectivity index (χ2v) is 7.24. The van der Waals surface area contributed by atoms with Crippen molar-refractivity contribution < 1.29 is 26.3 Å². The molecule has 5 rings (SSSR count). The van der Waals surface area contributed by atoms with Crippen molar-refractivity contribution in [3.8, 4) is 16.9 Å². The number of alkyl halides is 6. The Morgan fingerprint density at radius 1 is 0.879 bits per heavy atom. The number of rotatable bonds is 2. The van der Waals surface area contributed by atoms with Gasteiger partial charge in [-0.2, -0.15) is 26.3 Å². The highest BCUT2D eigenvalue weighted by Gasteiger charge is 2.37. The van der Waals surface area contributed by atoms with Crippen molar-refractivity contribution in [1.29, 1.82) is 0 Å². The minimum Gasteiger partial charge on any atom is -0.361 e. The summed E-state index contributed by atoms with van der Waals surface area (Å²) in [6.45, 7) is 0. The van der Waals surface area contributed by atoms with E-state index in [1.54, 1.807) is 30.5 Å². The van der Waals surface area contributed by atoms with E-state index >= 15 is 0 Å². The first-order valence-electron chi connectivity index (χ1n) is 9.36. The highest BCUT2D eigenvalue weighted by atomic mass is 19.4. The zero-order valence-corrected chi connectivity index (χ0v) is 16.2. The Morgan fingerprint density at radius 3 is 2.24 bits per heavy atom. The van der Waals surface area contributed by atoms with Gasteiger partial charge >= 0.3 is 18.0 Å². The van der Waals surface area contributed by atoms with Crippen LogP contribution in [-0.2, 0) is 12.4 Å². The van der Waals surface area contributed by atoms with E-state index in [4.69, 9.17) is 0 Å². The lowest BCUT2D eigenvalue weighted by Gasteiger charge is -2.14. The molecule has 2 aromatic carbocycles. The van der Waals surface area contributed by atoms with E-state index in [1.807, 2.05) is 0 Å². The van der Waals surface area contributed by atoms with E-state index in [1.165, 1.54) is 0 Å². The number of nitrogens with one attached hydrogen (secondary N) is 2. The number of H-pyrrole nitrogens is 2. The largest absolute Gasteiger partial charge is 0.416 e. The molecule has 0 fully saturated rings. The van der Waals surface area contributed by atoms with Gasteiger partial charge in [0.1, 0.15) is 0 Å². The number of fused-ring (bicyclic) bond motifs is 2. The molecule has 0 aliphatic heterocycles. The van der Waals surface area contributed by atoms with Gasteiger partial charge in [0.15, 0.2) is 11.3 Å². The number of imidazole rings is 1. The van der Waals surface area contributed by atoms with Gasteiger partial charge in [0, 0.05) is 22.7 Å². The number of halogens is 6. The summed E-state index contributed by atoms with van der Waals surface area (Å²) >= 11 is 0. The van der Waals surface area contributed by atoms with Crippen molar-refractivity contribution in [2.45, 2.75) is 12.4 Å². The molecule has 0 amide bonds. The summed E-state index contributed by atoms with van der Waals surface area (Å²) in [4.78, 5) is 26.2. The molecule has 12 heteroatoms. The van der Waals surface area contributed by atoms with Gasteiger partial charge in [-0.25, -0.2) is 19.3 Å². The molecule has 5 aromatic rings. The lowest BCUT2D eigenvalue weighted by atomic mass is 10.0. The molecule has 0 radical (unpaired) electrons. The molecule has 3 aromatic heterocycles. The van der Waals surface area contributed by atoms with Gasteiger partial charge < -0.3 is 4.98 Å². The number of benzene rings is 2. The summed E-state index contributed by atoms with van der Waals surface area (Å²) in [6, 6.07) is 7.95. The molecule has 0 saturated carbocycles. The minimum absolute atomic E-state index is 0.0286. The Morgan fingerprint density at radius 2 is 1.58 bits per heavy atom. The van der Waals surface area contributed by atoms with Gasteiger partial charge in [0.25, 0.3) is 0 Å². The Hall–Kier alpha value is -4.09. The van der Waals surface area contributed by atoms with Crippen molar-refractivity contribution in [3.63, 3.8) is 0 Å². The van der Waals surface area contributed by atoms with E-state index in [-0.39, 0.29) is 23.1 Å². The van der Waals surface area contributed by atoms with Crippen LogP contribution in [-0.4, -0.2) is 24.5 Å². The molecule has 0 atom stereocenters. The van der Waals surface area contributed by atoms with Gasteiger partial charge in [0.05, 0.1) is 28.7 Å². The normalized spacial score (nSPS) is 12.7. The van der Waals surface area contributed by atoms with E-state index in [0.29, 0.717) is 17.8 Å². The molecule has 0 bridgehead atoms. The van der Waals surface area contributed by atoms with Crippen molar-refractivity contribution in [1.82, 2.24) is 24.5 Å². The van der Waals surface area contributed by atoms with Crippen LogP contribution in [0.5, 0.6) is 0 Å². The quantitative estimate of drug-likeness (QED) is 0.349. The molecule has 0 spiro atoms. The summed E-state index contributed by atoms with van der Waals surface area (Å²) in [5.41, 5.74) is -3.07. The predicted octanol–water partition coefficient (Wildman–Crippen LogP) is 5.29. The number of aromatic nitrogens is 5. The van der Waals surface area contributed by atoms with Gasteiger partial charge in [-0.15, -0.1) is 0 Å². The maximum Gasteiger partial charge on any atom is 0.416 e. The fourth-order valence-electron chi connectivity index (χ4n) is 3.54. The summed E-state index contributed by atoms with van der Waals surface area (Å²) < 4.78 is 80.6. The molecular formula is C21H11F6N5O. The molecule has 6 nitrogen and oxygen atoms in total. The zero-order chi connectivity index (χ0) is 23.5. The van der Waals surface area contributed by atoms with Gasteiger partial charge in [-0.3, -0.25) is 4.98 Å². The first-order valence-corrected chi connectivity index (χ1v) is 9.36. The van der Waals surface area contributed by atoms with Crippen molar-refractivity contribution >= 4 is 22.2 Å². The highest BCUT2D eigenvalue weighted by molar-refractivity contribution is 5.82. The van der Waals surface area contributed by atoms with Crippen LogP contribution in [0.1, 0.15) is 11.1 Å². The number of hydrogen-bond acceptors (Lipinski definition) is 3. The summed E-state index contributed by atoms with van der Waals surface area (Å²) in [6.07, 6.45) is -7.30. The second kappa shape index (κ2) is 6.95. The van der Waals surface area contributed by atoms with Gasteiger partial charge in [-0.1, -0.05) is 0 Å². The van der Waals surface area contributed by atoms with Crippen molar-refractivity contribution in [2.24, 2.45) is 0 Å². The van der Waals surface area contributed by atoms with E-state index < -0.39 is 34.7 Å². The van der Waals surface area contributed by atoms with Crippen LogP contribution >= 0.6 is 0 Å². The van der Waals surface area contributed by atoms with Crippen LogP contribution in [0.15, 0.2) is 59.7 Å². The molecular weight excluding hydrogens is 452 g/mol. The Kier molecular flexibility index (Phi) is 4.38. The summed E-state index contributed by atoms with van der Waals surface area (Å²) in [7, 11) is 0. The third-order valence-corrected chi connectivity index (χ3v) is 5.07. The third-order valence-electron chi connectivity index (χ3n) is 5.07. The zero-order valence-electron chi connectivity index (χ0n) is 16.2. The fourth-order valence-corrected chi connectivity index (χ4v) is 3.54. The summed E-state index contributed by atoms with van der Waals surface area (Å²) in [5.74, 6) is 0. The van der Waals surface area contributed by atoms with Crippen molar-refractivity contribution in [2.75, 3.05) is 0 Å². The van der Waals surface area contributed by atoms with Crippen LogP contribution in [0.25, 0.3) is 39.1 Å². The fraction of sp³-hybridized carbons (Fsp3) is 0.0952. The lowest BCUT2D eigenvalue weighted by Crippen LogP contribution is -2.15. The first-order chi connectivity index (χ1) is 15.5. The number of aromatic amines is 2. The van der Waals surface area contributed by atoms with Crippen LogP contribution in [0.4, 0.5) is 26.3 Å². The molecule has 168 valence electrons. The average Bonchev–Trinajstić information content (AvgIpc) is 3.34. The van der Waals surface area contributed by atoms with Crippen LogP contribution in [0.3, 0.4) is 0 Å². The van der Waals surface area contributed by atoms with Crippen molar-refractivity contribution in [3.05, 3.63) is 76.5 Å². The maximum atomic E-state index is 13.2. The number of hydrogen-bond donors (Lipinski definition) is 2. The molecule has 0 aliphatic rings. The molecule has 0 aliphatic carbocycles. The number of nitrogens with zero attached hydrogens (tertiary/aromatic N) is 3. The van der Waals surface area contributed by atoms with Gasteiger partial charge in [0.2, 0.25) is 0 Å². The monoisotopic (exact) mass is 463 g/mol. The van der Waals surface area contributed by atoms with Crippen LogP contribution < -0.4 is 5.69 Å². The van der Waals surface area contributed by atoms with Crippen LogP contribution in [0.2, 0.25) is 0 Å². The average molecular weight is 463 g/mol. The highest BCUT2D eigenvalue weighted by Crippen LogP contribution is 2.38. The maximum absolute atomic E-state index is 13.2. The first kappa shape index (κ1) is 20.8. The Labute approximate surface area is 179 Å². The lowest BCUT2D eigenvalue weighted by molar-refractivity contribution is -0.143. The second-order valence-electron chi connectivity index (χ2n) is 7.24. The van der Waals surface area contributed by atoms with E-state index in [9.17, 15) is 31.1 Å². The van der Waals surface area contributed by atoms with E-state index in [0.717, 1.165) is 21.7 Å². The Balaban J connectivity index is 1.72. The van der Waals surface area contributed by atoms with E-state index in [2.05, 4.69) is 19.9 Å². The van der Waals surface area contributed by atoms with Crippen LogP contribution in [0, 0.1) is 0 Å². The summed E-state index contributed by atoms with van der Waals surface area (Å²) in [5, 5.41) is 0.783. The minimum atomic E-state index is -5.00. The standard InChI is InChI=1S/C21H11F6N5O/c22-20(23,24)12-5-11(6-13(8-12)21(25,26)27)16-9-29-17-18(30-16)32(19(33)31-17)14-1-2-15-10(7-14)3-4-28-15/h1-9,28H,(H,29,31,33). The smallest absolute Gasteiger partial charge is 0.361 e.